The van der Waals surface area contributed by atoms with E-state index in [1.807, 2.05) is 12.1 Å². The Labute approximate surface area is 121 Å². The first-order valence-corrected chi connectivity index (χ1v) is 6.57. The third kappa shape index (κ3) is 3.76. The summed E-state index contributed by atoms with van der Waals surface area (Å²) in [4.78, 5) is 14.6. The highest BCUT2D eigenvalue weighted by Crippen LogP contribution is 2.25. The maximum atomic E-state index is 10.9. The zero-order valence-corrected chi connectivity index (χ0v) is 11.5. The first-order valence-electron chi connectivity index (χ1n) is 6.20. The second-order valence-corrected chi connectivity index (χ2v) is 4.69. The van der Waals surface area contributed by atoms with Crippen LogP contribution in [0, 0.1) is 10.1 Å². The molecule has 0 unspecified atom stereocenters. The maximum Gasteiger partial charge on any atom is 0.275 e. The monoisotopic (exact) mass is 291 g/mol. The van der Waals surface area contributed by atoms with Gasteiger partial charge in [0.25, 0.3) is 5.69 Å². The molecule has 1 heterocycles. The molecule has 0 bridgehead atoms. The fourth-order valence-corrected chi connectivity index (χ4v) is 2.12. The molecule has 6 heteroatoms. The summed E-state index contributed by atoms with van der Waals surface area (Å²) in [5.74, 6) is 0. The lowest BCUT2D eigenvalue weighted by molar-refractivity contribution is -0.385. The zero-order valence-electron chi connectivity index (χ0n) is 10.8. The van der Waals surface area contributed by atoms with E-state index in [1.165, 1.54) is 6.07 Å². The number of nitro benzene ring substituents is 1. The first-order chi connectivity index (χ1) is 9.68. The highest BCUT2D eigenvalue weighted by atomic mass is 35.5. The summed E-state index contributed by atoms with van der Waals surface area (Å²) in [6, 6.07) is 8.58. The SMILES string of the molecule is O=[N+]([O-])c1cccc(Cl)c1CNCCc1cccnc1. The number of nitrogens with zero attached hydrogens (tertiary/aromatic N) is 2. The number of nitro groups is 1. The molecule has 0 aliphatic carbocycles. The predicted molar refractivity (Wildman–Crippen MR) is 77.8 cm³/mol. The van der Waals surface area contributed by atoms with E-state index in [2.05, 4.69) is 10.3 Å². The largest absolute Gasteiger partial charge is 0.312 e. The Morgan fingerprint density at radius 1 is 1.30 bits per heavy atom. The molecule has 0 spiro atoms. The van der Waals surface area contributed by atoms with Crippen LogP contribution in [-0.4, -0.2) is 16.5 Å². The van der Waals surface area contributed by atoms with Crippen molar-refractivity contribution in [3.05, 3.63) is 69.0 Å². The van der Waals surface area contributed by atoms with Gasteiger partial charge in [-0.3, -0.25) is 15.1 Å². The normalized spacial score (nSPS) is 10.4. The van der Waals surface area contributed by atoms with Crippen molar-refractivity contribution in [3.63, 3.8) is 0 Å². The van der Waals surface area contributed by atoms with E-state index in [1.54, 1.807) is 24.5 Å². The minimum atomic E-state index is -0.413. The topological polar surface area (TPSA) is 68.1 Å². The Bertz CT molecular complexity index is 590. The molecule has 1 aromatic carbocycles. The Morgan fingerprint density at radius 2 is 2.15 bits per heavy atom. The highest BCUT2D eigenvalue weighted by Gasteiger charge is 2.15. The van der Waals surface area contributed by atoms with E-state index in [9.17, 15) is 10.1 Å². The predicted octanol–water partition coefficient (Wildman–Crippen LogP) is 2.98. The van der Waals surface area contributed by atoms with E-state index in [-0.39, 0.29) is 5.69 Å². The van der Waals surface area contributed by atoms with E-state index in [4.69, 9.17) is 11.6 Å². The van der Waals surface area contributed by atoms with E-state index in [0.29, 0.717) is 23.7 Å². The van der Waals surface area contributed by atoms with Crippen LogP contribution < -0.4 is 5.32 Å². The average molecular weight is 292 g/mol. The lowest BCUT2D eigenvalue weighted by atomic mass is 10.1. The summed E-state index contributed by atoms with van der Waals surface area (Å²) < 4.78 is 0. The fraction of sp³-hybridized carbons (Fsp3) is 0.214. The molecule has 1 N–H and O–H groups in total. The third-order valence-corrected chi connectivity index (χ3v) is 3.26. The number of benzene rings is 1. The van der Waals surface area contributed by atoms with Crippen LogP contribution in [0.4, 0.5) is 5.69 Å². The van der Waals surface area contributed by atoms with Gasteiger partial charge in [-0.2, -0.15) is 0 Å². The first kappa shape index (κ1) is 14.4. The molecule has 0 fully saturated rings. The van der Waals surface area contributed by atoms with Gasteiger partial charge in [-0.05, 0) is 30.7 Å². The molecule has 1 aromatic heterocycles. The van der Waals surface area contributed by atoms with Gasteiger partial charge in [-0.1, -0.05) is 23.7 Å². The summed E-state index contributed by atoms with van der Waals surface area (Å²) in [5, 5.41) is 14.5. The standard InChI is InChI=1S/C14H14ClN3O2/c15-13-4-1-5-14(18(19)20)12(13)10-17-8-6-11-3-2-7-16-9-11/h1-5,7,9,17H,6,8,10H2. The molecule has 0 aliphatic heterocycles. The van der Waals surface area contributed by atoms with E-state index in [0.717, 1.165) is 12.0 Å². The summed E-state index contributed by atoms with van der Waals surface area (Å²) in [5.41, 5.74) is 1.69. The molecule has 0 radical (unpaired) electrons. The second-order valence-electron chi connectivity index (χ2n) is 4.28. The van der Waals surface area contributed by atoms with Crippen LogP contribution in [-0.2, 0) is 13.0 Å². The van der Waals surface area contributed by atoms with Crippen LogP contribution in [0.25, 0.3) is 0 Å². The summed E-state index contributed by atoms with van der Waals surface area (Å²) in [6.07, 6.45) is 4.34. The van der Waals surface area contributed by atoms with Gasteiger partial charge in [0, 0.05) is 25.0 Å². The minimum Gasteiger partial charge on any atom is -0.312 e. The van der Waals surface area contributed by atoms with Crippen molar-refractivity contribution in [2.24, 2.45) is 0 Å². The van der Waals surface area contributed by atoms with Gasteiger partial charge in [0.2, 0.25) is 0 Å². The number of halogens is 1. The Morgan fingerprint density at radius 3 is 2.85 bits per heavy atom. The smallest absolute Gasteiger partial charge is 0.275 e. The van der Waals surface area contributed by atoms with Gasteiger partial charge in [-0.15, -0.1) is 0 Å². The molecule has 20 heavy (non-hydrogen) atoms. The molecule has 2 rings (SSSR count). The van der Waals surface area contributed by atoms with Crippen LogP contribution in [0.5, 0.6) is 0 Å². The summed E-state index contributed by atoms with van der Waals surface area (Å²) in [7, 11) is 0. The molecule has 0 saturated heterocycles. The molecular weight excluding hydrogens is 278 g/mol. The number of hydrogen-bond donors (Lipinski definition) is 1. The Kier molecular flexibility index (Phi) is 5.03. The van der Waals surface area contributed by atoms with Gasteiger partial charge in [0.1, 0.15) is 0 Å². The lowest BCUT2D eigenvalue weighted by Gasteiger charge is -2.07. The molecule has 104 valence electrons. The fourth-order valence-electron chi connectivity index (χ4n) is 1.89. The molecule has 0 saturated carbocycles. The van der Waals surface area contributed by atoms with Gasteiger partial charge in [-0.25, -0.2) is 0 Å². The number of aromatic nitrogens is 1. The van der Waals surface area contributed by atoms with Crippen LogP contribution in [0.15, 0.2) is 42.7 Å². The van der Waals surface area contributed by atoms with Gasteiger partial charge >= 0.3 is 0 Å². The number of hydrogen-bond acceptors (Lipinski definition) is 4. The molecule has 0 amide bonds. The Hall–Kier alpha value is -1.98. The number of pyridine rings is 1. The number of rotatable bonds is 6. The van der Waals surface area contributed by atoms with Gasteiger partial charge < -0.3 is 5.32 Å². The van der Waals surface area contributed by atoms with Crippen molar-refractivity contribution >= 4 is 17.3 Å². The van der Waals surface area contributed by atoms with Crippen LogP contribution in [0.2, 0.25) is 5.02 Å². The maximum absolute atomic E-state index is 10.9. The van der Waals surface area contributed by atoms with Crippen molar-refractivity contribution in [2.45, 2.75) is 13.0 Å². The van der Waals surface area contributed by atoms with Crippen molar-refractivity contribution in [1.29, 1.82) is 0 Å². The summed E-state index contributed by atoms with van der Waals surface area (Å²) >= 11 is 6.01. The third-order valence-electron chi connectivity index (χ3n) is 2.91. The summed E-state index contributed by atoms with van der Waals surface area (Å²) in [6.45, 7) is 1.07. The van der Waals surface area contributed by atoms with Crippen molar-refractivity contribution in [1.82, 2.24) is 10.3 Å². The Balaban J connectivity index is 1.93. The van der Waals surface area contributed by atoms with Crippen LogP contribution in [0.1, 0.15) is 11.1 Å². The highest BCUT2D eigenvalue weighted by molar-refractivity contribution is 6.31. The van der Waals surface area contributed by atoms with Crippen molar-refractivity contribution in [3.8, 4) is 0 Å². The van der Waals surface area contributed by atoms with E-state index < -0.39 is 4.92 Å². The molecular formula is C14H14ClN3O2. The second kappa shape index (κ2) is 6.98. The average Bonchev–Trinajstić information content (AvgIpc) is 2.45. The van der Waals surface area contributed by atoms with Crippen LogP contribution in [0.3, 0.4) is 0 Å². The zero-order chi connectivity index (χ0) is 14.4. The van der Waals surface area contributed by atoms with E-state index >= 15 is 0 Å². The number of nitrogens with one attached hydrogen (secondary N) is 1. The van der Waals surface area contributed by atoms with Crippen molar-refractivity contribution in [2.75, 3.05) is 6.54 Å². The molecule has 0 aliphatic rings. The van der Waals surface area contributed by atoms with Crippen molar-refractivity contribution < 1.29 is 4.92 Å². The molecule has 5 nitrogen and oxygen atoms in total. The lowest BCUT2D eigenvalue weighted by Crippen LogP contribution is -2.17. The van der Waals surface area contributed by atoms with Crippen LogP contribution >= 0.6 is 11.6 Å². The molecule has 2 aromatic rings. The van der Waals surface area contributed by atoms with Gasteiger partial charge in [0.15, 0.2) is 0 Å². The molecule has 0 atom stereocenters. The minimum absolute atomic E-state index is 0.0476. The van der Waals surface area contributed by atoms with Gasteiger partial charge in [0.05, 0.1) is 15.5 Å². The quantitative estimate of drug-likeness (QED) is 0.505.